The van der Waals surface area contributed by atoms with Gasteiger partial charge in [0.1, 0.15) is 23.6 Å². The summed E-state index contributed by atoms with van der Waals surface area (Å²) in [5, 5.41) is 11.6. The summed E-state index contributed by atoms with van der Waals surface area (Å²) in [6.45, 7) is 1.98. The van der Waals surface area contributed by atoms with Crippen molar-refractivity contribution < 1.29 is 45.3 Å². The number of alkyl halides is 6. The maximum absolute atomic E-state index is 13.5. The van der Waals surface area contributed by atoms with Crippen LogP contribution in [-0.4, -0.2) is 74.3 Å². The molecular weight excluding hydrogens is 576 g/mol. The lowest BCUT2D eigenvalue weighted by Gasteiger charge is -2.29. The highest BCUT2D eigenvalue weighted by Gasteiger charge is 2.51. The van der Waals surface area contributed by atoms with Gasteiger partial charge in [0.05, 0.1) is 30.2 Å². The zero-order chi connectivity index (χ0) is 30.6. The molecule has 3 N–H and O–H groups in total. The van der Waals surface area contributed by atoms with E-state index in [2.05, 4.69) is 30.2 Å². The number of nitrogens with one attached hydrogen (secondary N) is 3. The highest BCUT2D eigenvalue weighted by atomic mass is 19.4. The summed E-state index contributed by atoms with van der Waals surface area (Å²) in [4.78, 5) is 34.0. The summed E-state index contributed by atoms with van der Waals surface area (Å²) < 4.78 is 90.0. The van der Waals surface area contributed by atoms with E-state index in [0.29, 0.717) is 16.6 Å². The number of fused-ring (bicyclic) bond motifs is 1. The number of nitrogens with zero attached hydrogens (tertiary/aromatic N) is 4. The number of carbonyl (C=O) groups is 2. The molecular formula is C25H27F6N7O4. The Morgan fingerprint density at radius 1 is 1.19 bits per heavy atom. The number of aromatic nitrogens is 4. The quantitative estimate of drug-likeness (QED) is 0.307. The van der Waals surface area contributed by atoms with Crippen LogP contribution in [0.2, 0.25) is 0 Å². The summed E-state index contributed by atoms with van der Waals surface area (Å²) in [6.07, 6.45) is -7.85. The Labute approximate surface area is 234 Å². The molecule has 0 spiro atoms. The molecule has 0 unspecified atom stereocenters. The average Bonchev–Trinajstić information content (AvgIpc) is 3.27. The van der Waals surface area contributed by atoms with Gasteiger partial charge in [-0.3, -0.25) is 4.79 Å². The van der Waals surface area contributed by atoms with Crippen molar-refractivity contribution in [2.24, 2.45) is 5.92 Å². The number of aromatic amines is 1. The molecule has 3 amide bonds. The van der Waals surface area contributed by atoms with Gasteiger partial charge < -0.3 is 25.3 Å². The highest BCUT2D eigenvalue weighted by Crippen LogP contribution is 2.46. The molecule has 0 radical (unpaired) electrons. The molecule has 1 aliphatic carbocycles. The largest absolute Gasteiger partial charge is 0.416 e. The van der Waals surface area contributed by atoms with Gasteiger partial charge in [0.25, 0.3) is 5.91 Å². The Morgan fingerprint density at radius 3 is 2.48 bits per heavy atom. The van der Waals surface area contributed by atoms with E-state index in [1.54, 1.807) is 18.2 Å². The number of halogens is 6. The molecule has 11 nitrogen and oxygen atoms in total. The maximum atomic E-state index is 13.5. The van der Waals surface area contributed by atoms with Gasteiger partial charge in [-0.15, -0.1) is 0 Å². The second kappa shape index (κ2) is 10.4. The van der Waals surface area contributed by atoms with E-state index in [4.69, 9.17) is 4.74 Å². The van der Waals surface area contributed by atoms with E-state index in [0.717, 1.165) is 26.7 Å². The van der Waals surface area contributed by atoms with Crippen LogP contribution in [0.1, 0.15) is 66.3 Å². The lowest BCUT2D eigenvalue weighted by molar-refractivity contribution is -0.265. The van der Waals surface area contributed by atoms with Crippen molar-refractivity contribution in [3.63, 3.8) is 0 Å². The van der Waals surface area contributed by atoms with E-state index in [-0.39, 0.29) is 23.1 Å². The molecule has 3 heterocycles. The first kappa shape index (κ1) is 29.6. The lowest BCUT2D eigenvalue weighted by Crippen LogP contribution is -2.44. The minimum atomic E-state index is -4.71. The van der Waals surface area contributed by atoms with Crippen molar-refractivity contribution in [1.82, 2.24) is 35.8 Å². The van der Waals surface area contributed by atoms with Crippen LogP contribution in [0, 0.1) is 12.8 Å². The third kappa shape index (κ3) is 5.87. The average molecular weight is 604 g/mol. The number of ether oxygens (including phenoxy) is 1. The first-order valence-electron chi connectivity index (χ1n) is 13.0. The van der Waals surface area contributed by atoms with Crippen molar-refractivity contribution in [2.45, 2.75) is 69.7 Å². The van der Waals surface area contributed by atoms with Crippen molar-refractivity contribution >= 4 is 23.0 Å². The van der Waals surface area contributed by atoms with Gasteiger partial charge in [-0.25, -0.2) is 14.4 Å². The Hall–Kier alpha value is -3.89. The maximum Gasteiger partial charge on any atom is 0.416 e. The Balaban J connectivity index is 1.44. The van der Waals surface area contributed by atoms with Gasteiger partial charge in [0.15, 0.2) is 11.3 Å². The molecule has 1 saturated carbocycles. The Bertz CT molecular complexity index is 1480. The third-order valence-corrected chi connectivity index (χ3v) is 7.40. The molecule has 1 aliphatic heterocycles. The van der Waals surface area contributed by atoms with Crippen LogP contribution in [0.3, 0.4) is 0 Å². The number of imidazole rings is 1. The van der Waals surface area contributed by atoms with E-state index >= 15 is 0 Å². The number of aryl methyl sites for hydroxylation is 1. The predicted molar refractivity (Wildman–Crippen MR) is 132 cm³/mol. The zero-order valence-corrected chi connectivity index (χ0v) is 22.6. The number of urea groups is 1. The molecule has 1 saturated heterocycles. The van der Waals surface area contributed by atoms with Crippen LogP contribution in [0.4, 0.5) is 31.1 Å². The van der Waals surface area contributed by atoms with Crippen LogP contribution in [-0.2, 0) is 4.74 Å². The summed E-state index contributed by atoms with van der Waals surface area (Å²) >= 11 is 0. The topological polar surface area (TPSA) is 138 Å². The Morgan fingerprint density at radius 2 is 1.90 bits per heavy atom. The number of amides is 3. The van der Waals surface area contributed by atoms with Crippen LogP contribution in [0.25, 0.3) is 11.0 Å². The molecule has 0 bridgehead atoms. The van der Waals surface area contributed by atoms with Gasteiger partial charge in [-0.1, -0.05) is 11.2 Å². The lowest BCUT2D eigenvalue weighted by atomic mass is 10.00. The normalized spacial score (nSPS) is 19.7. The second-order valence-corrected chi connectivity index (χ2v) is 10.9. The second-order valence-electron chi connectivity index (χ2n) is 10.9. The first-order chi connectivity index (χ1) is 19.5. The van der Waals surface area contributed by atoms with Crippen molar-refractivity contribution in [1.29, 1.82) is 0 Å². The summed E-state index contributed by atoms with van der Waals surface area (Å²) in [5.41, 5.74) is -1.25. The molecule has 42 heavy (non-hydrogen) atoms. The third-order valence-electron chi connectivity index (χ3n) is 7.40. The fraction of sp³-hybridized carbons (Fsp3) is 0.560. The molecule has 2 fully saturated rings. The van der Waals surface area contributed by atoms with E-state index in [9.17, 15) is 35.9 Å². The number of rotatable bonds is 9. The van der Waals surface area contributed by atoms with Crippen molar-refractivity contribution in [3.8, 4) is 0 Å². The first-order valence-corrected chi connectivity index (χ1v) is 13.0. The summed E-state index contributed by atoms with van der Waals surface area (Å²) in [6, 6.07) is 0.234. The number of hydrogen-bond acceptors (Lipinski definition) is 7. The number of carbonyl (C=O) groups excluding carboxylic acids is 2. The van der Waals surface area contributed by atoms with Gasteiger partial charge >= 0.3 is 18.4 Å². The van der Waals surface area contributed by atoms with Gasteiger partial charge in [0, 0.05) is 0 Å². The number of benzene rings is 1. The molecule has 2 aromatic heterocycles. The Kier molecular flexibility index (Phi) is 7.35. The summed E-state index contributed by atoms with van der Waals surface area (Å²) in [7, 11) is 0. The van der Waals surface area contributed by atoms with Crippen LogP contribution < -0.4 is 10.6 Å². The SMILES string of the molecule is Cc1nonc1C(=O)N[C@@H](COC(C)(C)C(F)(F)F)c1nc2cc([C@@H](C3CC3)N3C[C@@H](C(F)(F)F)NC3=O)ccc2[nH]1. The van der Waals surface area contributed by atoms with E-state index in [1.807, 2.05) is 5.32 Å². The van der Waals surface area contributed by atoms with Gasteiger partial charge in [-0.05, 0) is 62.4 Å². The smallest absolute Gasteiger partial charge is 0.364 e. The van der Waals surface area contributed by atoms with Gasteiger partial charge in [-0.2, -0.15) is 26.3 Å². The number of H-pyrrole nitrogens is 1. The fourth-order valence-electron chi connectivity index (χ4n) is 4.72. The zero-order valence-electron chi connectivity index (χ0n) is 22.6. The van der Waals surface area contributed by atoms with Crippen LogP contribution in [0.15, 0.2) is 22.8 Å². The molecule has 2 aliphatic rings. The molecule has 1 aromatic carbocycles. The predicted octanol–water partition coefficient (Wildman–Crippen LogP) is 4.49. The standard InChI is InChI=1S/C25H27F6N7O4/c1-11-18(37-42-36-11)21(39)34-16(10-41-23(2,3)25(29,30)31)20-32-14-7-6-13(8-15(14)33-20)19(12-4-5-12)38-9-17(24(26,27)28)35-22(38)40/h6-8,12,16-17,19H,4-5,9-10H2,1-3H3,(H,32,33)(H,34,39)(H,35,40)/t16-,17-,19+/m0/s1. The van der Waals surface area contributed by atoms with Crippen molar-refractivity contribution in [2.75, 3.05) is 13.2 Å². The minimum Gasteiger partial charge on any atom is -0.364 e. The highest BCUT2D eigenvalue weighted by molar-refractivity contribution is 5.93. The van der Waals surface area contributed by atoms with Crippen molar-refractivity contribution in [3.05, 3.63) is 41.0 Å². The summed E-state index contributed by atoms with van der Waals surface area (Å²) in [5.74, 6) is -0.772. The van der Waals surface area contributed by atoms with E-state index < -0.39 is 61.2 Å². The molecule has 3 aromatic rings. The molecule has 5 rings (SSSR count). The molecule has 3 atom stereocenters. The van der Waals surface area contributed by atoms with Crippen LogP contribution >= 0.6 is 0 Å². The van der Waals surface area contributed by atoms with Gasteiger partial charge in [0.2, 0.25) is 0 Å². The molecule has 17 heteroatoms. The monoisotopic (exact) mass is 603 g/mol. The number of hydrogen-bond donors (Lipinski definition) is 3. The minimum absolute atomic E-state index is 0.0389. The fourth-order valence-corrected chi connectivity index (χ4v) is 4.72. The van der Waals surface area contributed by atoms with Crippen LogP contribution in [0.5, 0.6) is 0 Å². The molecule has 228 valence electrons. The van der Waals surface area contributed by atoms with E-state index in [1.165, 1.54) is 11.8 Å².